The normalized spacial score (nSPS) is 29.4. The highest BCUT2D eigenvalue weighted by atomic mass is 16.1. The van der Waals surface area contributed by atoms with Crippen molar-refractivity contribution in [3.05, 3.63) is 34.9 Å². The number of hydrogen-bond acceptors (Lipinski definition) is 2. The maximum atomic E-state index is 11.6. The average Bonchev–Trinajstić information content (AvgIpc) is 2.25. The summed E-state index contributed by atoms with van der Waals surface area (Å²) in [7, 11) is 0. The van der Waals surface area contributed by atoms with Crippen molar-refractivity contribution >= 4 is 11.6 Å². The summed E-state index contributed by atoms with van der Waals surface area (Å²) >= 11 is 0. The Morgan fingerprint density at radius 3 is 2.57 bits per heavy atom. The van der Waals surface area contributed by atoms with Crippen molar-refractivity contribution in [2.45, 2.75) is 19.3 Å². The van der Waals surface area contributed by atoms with Gasteiger partial charge in [0.15, 0.2) is 11.6 Å². The van der Waals surface area contributed by atoms with Crippen molar-refractivity contribution < 1.29 is 9.59 Å². The van der Waals surface area contributed by atoms with Crippen molar-refractivity contribution in [1.82, 2.24) is 0 Å². The fourth-order valence-electron chi connectivity index (χ4n) is 2.64. The van der Waals surface area contributed by atoms with Crippen molar-refractivity contribution in [1.29, 1.82) is 0 Å². The number of carbonyl (C=O) groups excluding carboxylic acids is 2. The molecule has 0 saturated heterocycles. The average molecular weight is 186 g/mol. The van der Waals surface area contributed by atoms with Crippen LogP contribution < -0.4 is 0 Å². The molecule has 4 aliphatic rings. The van der Waals surface area contributed by atoms with Gasteiger partial charge in [0, 0.05) is 11.1 Å². The minimum absolute atomic E-state index is 0.0234. The molecule has 1 unspecified atom stereocenters. The predicted octanol–water partition coefficient (Wildman–Crippen LogP) is 1.73. The molecule has 0 spiro atoms. The van der Waals surface area contributed by atoms with Crippen LogP contribution in [0.1, 0.15) is 19.3 Å². The van der Waals surface area contributed by atoms with Crippen LogP contribution >= 0.6 is 0 Å². The fraction of sp³-hybridized carbons (Fsp3) is 0.333. The Bertz CT molecular complexity index is 435. The van der Waals surface area contributed by atoms with E-state index in [4.69, 9.17) is 0 Å². The van der Waals surface area contributed by atoms with E-state index in [-0.39, 0.29) is 11.6 Å². The lowest BCUT2D eigenvalue weighted by Gasteiger charge is -2.33. The van der Waals surface area contributed by atoms with Crippen LogP contribution in [-0.4, -0.2) is 11.6 Å². The van der Waals surface area contributed by atoms with Crippen LogP contribution in [0, 0.1) is 5.92 Å². The number of fused-ring (bicyclic) bond motifs is 2. The van der Waals surface area contributed by atoms with Gasteiger partial charge in [0.05, 0.1) is 0 Å². The number of hydrogen-bond donors (Lipinski definition) is 0. The lowest BCUT2D eigenvalue weighted by molar-refractivity contribution is -0.115. The van der Waals surface area contributed by atoms with E-state index in [1.165, 1.54) is 12.2 Å². The van der Waals surface area contributed by atoms with Crippen LogP contribution in [0.25, 0.3) is 0 Å². The summed E-state index contributed by atoms with van der Waals surface area (Å²) in [6.45, 7) is 0. The van der Waals surface area contributed by atoms with Crippen LogP contribution in [0.2, 0.25) is 0 Å². The largest absolute Gasteiger partial charge is 0.290 e. The lowest BCUT2D eigenvalue weighted by atomic mass is 9.69. The Kier molecular flexibility index (Phi) is 1.43. The zero-order valence-electron chi connectivity index (χ0n) is 7.75. The quantitative estimate of drug-likeness (QED) is 0.540. The third-order valence-corrected chi connectivity index (χ3v) is 3.31. The molecule has 0 amide bonds. The Hall–Kier alpha value is -1.44. The van der Waals surface area contributed by atoms with Gasteiger partial charge in [0.2, 0.25) is 0 Å². The summed E-state index contributed by atoms with van der Waals surface area (Å²) in [6, 6.07) is 0. The molecule has 14 heavy (non-hydrogen) atoms. The second-order valence-electron chi connectivity index (χ2n) is 4.05. The summed E-state index contributed by atoms with van der Waals surface area (Å²) in [4.78, 5) is 23.3. The SMILES string of the molecule is O=C1C=CC(=O)C2=C1C1=CCC2CC1. The second-order valence-corrected chi connectivity index (χ2v) is 4.05. The van der Waals surface area contributed by atoms with Crippen molar-refractivity contribution in [2.75, 3.05) is 0 Å². The van der Waals surface area contributed by atoms with E-state index >= 15 is 0 Å². The Labute approximate surface area is 82.0 Å². The topological polar surface area (TPSA) is 34.1 Å². The minimum atomic E-state index is 0.0234. The summed E-state index contributed by atoms with van der Waals surface area (Å²) < 4.78 is 0. The smallest absolute Gasteiger partial charge is 0.186 e. The highest BCUT2D eigenvalue weighted by Crippen LogP contribution is 2.43. The molecule has 1 atom stereocenters. The van der Waals surface area contributed by atoms with E-state index in [0.29, 0.717) is 5.92 Å². The van der Waals surface area contributed by atoms with Crippen LogP contribution in [0.3, 0.4) is 0 Å². The summed E-state index contributed by atoms with van der Waals surface area (Å²) in [5.74, 6) is 0.383. The Morgan fingerprint density at radius 1 is 1.14 bits per heavy atom. The van der Waals surface area contributed by atoms with Gasteiger partial charge in [-0.05, 0) is 42.9 Å². The molecule has 2 heteroatoms. The van der Waals surface area contributed by atoms with Gasteiger partial charge >= 0.3 is 0 Å². The van der Waals surface area contributed by atoms with E-state index in [1.807, 2.05) is 0 Å². The van der Waals surface area contributed by atoms with Gasteiger partial charge in [-0.2, -0.15) is 0 Å². The van der Waals surface area contributed by atoms with E-state index in [0.717, 1.165) is 36.0 Å². The van der Waals surface area contributed by atoms with Gasteiger partial charge < -0.3 is 0 Å². The molecule has 0 saturated carbocycles. The van der Waals surface area contributed by atoms with Gasteiger partial charge in [-0.15, -0.1) is 0 Å². The molecule has 0 aliphatic heterocycles. The highest BCUT2D eigenvalue weighted by Gasteiger charge is 2.36. The molecule has 0 aromatic heterocycles. The molecule has 4 rings (SSSR count). The van der Waals surface area contributed by atoms with E-state index in [9.17, 15) is 9.59 Å². The zero-order valence-corrected chi connectivity index (χ0v) is 7.75. The van der Waals surface area contributed by atoms with Crippen LogP contribution in [0.4, 0.5) is 0 Å². The lowest BCUT2D eigenvalue weighted by Crippen LogP contribution is -2.28. The molecule has 0 aromatic rings. The number of ketones is 2. The van der Waals surface area contributed by atoms with Gasteiger partial charge in [-0.3, -0.25) is 9.59 Å². The van der Waals surface area contributed by atoms with Crippen molar-refractivity contribution in [2.24, 2.45) is 5.92 Å². The summed E-state index contributed by atoms with van der Waals surface area (Å²) in [5, 5.41) is 0. The molecule has 4 aliphatic carbocycles. The van der Waals surface area contributed by atoms with E-state index in [1.54, 1.807) is 0 Å². The molecule has 0 N–H and O–H groups in total. The van der Waals surface area contributed by atoms with Gasteiger partial charge in [-0.25, -0.2) is 0 Å². The molecule has 2 bridgehead atoms. The van der Waals surface area contributed by atoms with Crippen LogP contribution in [0.5, 0.6) is 0 Å². The molecular formula is C12H10O2. The first-order valence-corrected chi connectivity index (χ1v) is 4.97. The molecule has 0 heterocycles. The molecule has 0 aromatic carbocycles. The number of allylic oxidation sites excluding steroid dienone is 6. The number of rotatable bonds is 0. The number of carbonyl (C=O) groups is 2. The van der Waals surface area contributed by atoms with Gasteiger partial charge in [-0.1, -0.05) is 6.08 Å². The third-order valence-electron chi connectivity index (χ3n) is 3.31. The maximum absolute atomic E-state index is 11.6. The van der Waals surface area contributed by atoms with E-state index in [2.05, 4.69) is 6.08 Å². The zero-order chi connectivity index (χ0) is 9.71. The van der Waals surface area contributed by atoms with Gasteiger partial charge in [0.1, 0.15) is 0 Å². The molecule has 2 nitrogen and oxygen atoms in total. The molecular weight excluding hydrogens is 176 g/mol. The summed E-state index contributed by atoms with van der Waals surface area (Å²) in [5.41, 5.74) is 2.62. The van der Waals surface area contributed by atoms with E-state index < -0.39 is 0 Å². The first kappa shape index (κ1) is 7.92. The van der Waals surface area contributed by atoms with Gasteiger partial charge in [0.25, 0.3) is 0 Å². The van der Waals surface area contributed by atoms with Crippen molar-refractivity contribution in [3.63, 3.8) is 0 Å². The summed E-state index contributed by atoms with van der Waals surface area (Å²) in [6.07, 6.45) is 7.90. The Balaban J connectivity index is 2.23. The molecule has 70 valence electrons. The second kappa shape index (κ2) is 2.53. The monoisotopic (exact) mass is 186 g/mol. The minimum Gasteiger partial charge on any atom is -0.290 e. The first-order valence-electron chi connectivity index (χ1n) is 4.97. The maximum Gasteiger partial charge on any atom is 0.186 e. The Morgan fingerprint density at radius 2 is 1.93 bits per heavy atom. The highest BCUT2D eigenvalue weighted by molar-refractivity contribution is 6.22. The first-order chi connectivity index (χ1) is 6.77. The van der Waals surface area contributed by atoms with Crippen LogP contribution in [-0.2, 0) is 9.59 Å². The molecule has 0 fully saturated rings. The fourth-order valence-corrected chi connectivity index (χ4v) is 2.64. The van der Waals surface area contributed by atoms with Crippen molar-refractivity contribution in [3.8, 4) is 0 Å². The standard InChI is InChI=1S/C12H10O2/c13-9-5-6-10(14)12-8-2-1-7(3-4-8)11(9)12/h1,5-6,8H,2-4H2. The third kappa shape index (κ3) is 0.857. The predicted molar refractivity (Wildman–Crippen MR) is 51.6 cm³/mol. The van der Waals surface area contributed by atoms with Crippen LogP contribution in [0.15, 0.2) is 34.9 Å². The molecule has 0 radical (unpaired) electrons.